The smallest absolute Gasteiger partial charge is 0.0702 e. The topological polar surface area (TPSA) is 34.1 Å². The molecule has 0 spiro atoms. The molecule has 0 amide bonds. The van der Waals surface area contributed by atoms with Gasteiger partial charge in [-0.2, -0.15) is 0 Å². The van der Waals surface area contributed by atoms with E-state index in [1.54, 1.807) is 0 Å². The number of nitrogens with one attached hydrogen (secondary N) is 1. The third-order valence-corrected chi connectivity index (χ3v) is 3.89. The lowest BCUT2D eigenvalue weighted by Gasteiger charge is -2.20. The molecule has 0 aliphatic carbocycles. The molecule has 2 unspecified atom stereocenters. The maximum atomic E-state index is 5.73. The average Bonchev–Trinajstić information content (AvgIpc) is 2.97. The third kappa shape index (κ3) is 2.77. The van der Waals surface area contributed by atoms with Gasteiger partial charge in [0.2, 0.25) is 0 Å². The fourth-order valence-electron chi connectivity index (χ4n) is 2.79. The number of fused-ring (bicyclic) bond motifs is 1. The van der Waals surface area contributed by atoms with Crippen LogP contribution < -0.4 is 5.32 Å². The van der Waals surface area contributed by atoms with Crippen LogP contribution in [0.2, 0.25) is 0 Å². The Morgan fingerprint density at radius 2 is 2.32 bits per heavy atom. The minimum atomic E-state index is 0.320. The van der Waals surface area contributed by atoms with Gasteiger partial charge in [-0.05, 0) is 44.0 Å². The molecule has 0 saturated carbocycles. The molecular weight excluding hydrogens is 236 g/mol. The monoisotopic (exact) mass is 256 g/mol. The largest absolute Gasteiger partial charge is 0.378 e. The minimum absolute atomic E-state index is 0.320. The zero-order valence-corrected chi connectivity index (χ0v) is 11.3. The second kappa shape index (κ2) is 5.68. The Labute approximate surface area is 114 Å². The van der Waals surface area contributed by atoms with E-state index in [9.17, 15) is 0 Å². The molecule has 1 fully saturated rings. The van der Waals surface area contributed by atoms with Crippen molar-refractivity contribution in [3.63, 3.8) is 0 Å². The van der Waals surface area contributed by atoms with Crippen molar-refractivity contribution in [3.8, 4) is 0 Å². The first-order chi connectivity index (χ1) is 9.36. The van der Waals surface area contributed by atoms with Crippen LogP contribution in [-0.2, 0) is 4.74 Å². The highest BCUT2D eigenvalue weighted by atomic mass is 16.5. The summed E-state index contributed by atoms with van der Waals surface area (Å²) < 4.78 is 5.73. The van der Waals surface area contributed by atoms with Gasteiger partial charge in [0.05, 0.1) is 11.6 Å². The first-order valence-electron chi connectivity index (χ1n) is 7.00. The van der Waals surface area contributed by atoms with Crippen LogP contribution in [0, 0.1) is 0 Å². The number of pyridine rings is 1. The van der Waals surface area contributed by atoms with Crippen LogP contribution >= 0.6 is 0 Å². The predicted molar refractivity (Wildman–Crippen MR) is 77.1 cm³/mol. The molecule has 1 saturated heterocycles. The lowest BCUT2D eigenvalue weighted by Crippen LogP contribution is -2.22. The number of aromatic nitrogens is 1. The summed E-state index contributed by atoms with van der Waals surface area (Å²) in [6.07, 6.45) is 5.77. The summed E-state index contributed by atoms with van der Waals surface area (Å²) >= 11 is 0. The number of hydrogen-bond acceptors (Lipinski definition) is 3. The number of hydrogen-bond donors (Lipinski definition) is 1. The van der Waals surface area contributed by atoms with Gasteiger partial charge in [-0.25, -0.2) is 0 Å². The van der Waals surface area contributed by atoms with Gasteiger partial charge in [0.1, 0.15) is 0 Å². The first-order valence-corrected chi connectivity index (χ1v) is 7.00. The summed E-state index contributed by atoms with van der Waals surface area (Å²) in [7, 11) is 2.01. The van der Waals surface area contributed by atoms with E-state index in [0.29, 0.717) is 12.1 Å². The molecular formula is C16H20N2O. The zero-order valence-electron chi connectivity index (χ0n) is 11.3. The van der Waals surface area contributed by atoms with Crippen LogP contribution in [0.25, 0.3) is 10.9 Å². The second-order valence-electron chi connectivity index (χ2n) is 5.17. The van der Waals surface area contributed by atoms with Crippen molar-refractivity contribution in [2.45, 2.75) is 31.4 Å². The Morgan fingerprint density at radius 1 is 1.42 bits per heavy atom. The van der Waals surface area contributed by atoms with Crippen LogP contribution in [0.3, 0.4) is 0 Å². The lowest BCUT2D eigenvalue weighted by molar-refractivity contribution is 0.0954. The highest BCUT2D eigenvalue weighted by molar-refractivity contribution is 5.78. The standard InChI is InChI=1S/C16H20N2O/c1-17-16(10-14-6-4-8-19-14)13-9-12-5-2-3-7-15(12)18-11-13/h2-3,5,7,9,11,14,16-17H,4,6,8,10H2,1H3. The van der Waals surface area contributed by atoms with Gasteiger partial charge in [-0.3, -0.25) is 4.98 Å². The van der Waals surface area contributed by atoms with Crippen molar-refractivity contribution in [2.75, 3.05) is 13.7 Å². The number of para-hydroxylation sites is 1. The van der Waals surface area contributed by atoms with Gasteiger partial charge in [0.25, 0.3) is 0 Å². The number of benzene rings is 1. The minimum Gasteiger partial charge on any atom is -0.378 e. The van der Waals surface area contributed by atoms with Gasteiger partial charge in [-0.1, -0.05) is 18.2 Å². The SMILES string of the molecule is CNC(CC1CCCO1)c1cnc2ccccc2c1. The molecule has 2 aromatic rings. The molecule has 3 rings (SSSR count). The van der Waals surface area contributed by atoms with Gasteiger partial charge >= 0.3 is 0 Å². The number of nitrogens with zero attached hydrogens (tertiary/aromatic N) is 1. The van der Waals surface area contributed by atoms with E-state index < -0.39 is 0 Å². The molecule has 1 aliphatic heterocycles. The third-order valence-electron chi connectivity index (χ3n) is 3.89. The van der Waals surface area contributed by atoms with Crippen molar-refractivity contribution in [1.82, 2.24) is 10.3 Å². The molecule has 3 nitrogen and oxygen atoms in total. The van der Waals surface area contributed by atoms with Gasteiger partial charge in [-0.15, -0.1) is 0 Å². The van der Waals surface area contributed by atoms with Gasteiger partial charge in [0, 0.05) is 24.2 Å². The Hall–Kier alpha value is -1.45. The average molecular weight is 256 g/mol. The molecule has 19 heavy (non-hydrogen) atoms. The molecule has 2 heterocycles. The Morgan fingerprint density at radius 3 is 3.11 bits per heavy atom. The molecule has 100 valence electrons. The normalized spacial score (nSPS) is 20.8. The summed E-state index contributed by atoms with van der Waals surface area (Å²) in [6, 6.07) is 10.8. The van der Waals surface area contributed by atoms with E-state index >= 15 is 0 Å². The maximum Gasteiger partial charge on any atom is 0.0702 e. The van der Waals surface area contributed by atoms with Crippen LogP contribution in [0.4, 0.5) is 0 Å². The maximum absolute atomic E-state index is 5.73. The van der Waals surface area contributed by atoms with E-state index in [1.807, 2.05) is 25.4 Å². The Bertz CT molecular complexity index is 549. The van der Waals surface area contributed by atoms with Crippen molar-refractivity contribution < 1.29 is 4.74 Å². The number of ether oxygens (including phenoxy) is 1. The lowest BCUT2D eigenvalue weighted by atomic mass is 9.99. The highest BCUT2D eigenvalue weighted by Crippen LogP contribution is 2.26. The molecule has 0 radical (unpaired) electrons. The van der Waals surface area contributed by atoms with Gasteiger partial charge < -0.3 is 10.1 Å². The Kier molecular flexibility index (Phi) is 3.76. The summed E-state index contributed by atoms with van der Waals surface area (Å²) in [4.78, 5) is 4.54. The molecule has 2 atom stereocenters. The van der Waals surface area contributed by atoms with Crippen LogP contribution in [-0.4, -0.2) is 24.7 Å². The number of rotatable bonds is 4. The fourth-order valence-corrected chi connectivity index (χ4v) is 2.79. The molecule has 1 aromatic heterocycles. The van der Waals surface area contributed by atoms with Crippen molar-refractivity contribution in [1.29, 1.82) is 0 Å². The predicted octanol–water partition coefficient (Wildman–Crippen LogP) is 3.06. The second-order valence-corrected chi connectivity index (χ2v) is 5.17. The van der Waals surface area contributed by atoms with Crippen molar-refractivity contribution in [2.24, 2.45) is 0 Å². The molecule has 1 aromatic carbocycles. The summed E-state index contributed by atoms with van der Waals surface area (Å²) in [5, 5.41) is 4.59. The first kappa shape index (κ1) is 12.6. The van der Waals surface area contributed by atoms with Crippen LogP contribution in [0.1, 0.15) is 30.9 Å². The van der Waals surface area contributed by atoms with Crippen molar-refractivity contribution >= 4 is 10.9 Å². The summed E-state index contributed by atoms with van der Waals surface area (Å²) in [6.45, 7) is 0.914. The van der Waals surface area contributed by atoms with Crippen LogP contribution in [0.15, 0.2) is 36.5 Å². The highest BCUT2D eigenvalue weighted by Gasteiger charge is 2.21. The van der Waals surface area contributed by atoms with E-state index in [4.69, 9.17) is 4.74 Å². The van der Waals surface area contributed by atoms with E-state index in [-0.39, 0.29) is 0 Å². The molecule has 1 N–H and O–H groups in total. The fraction of sp³-hybridized carbons (Fsp3) is 0.438. The van der Waals surface area contributed by atoms with Gasteiger partial charge in [0.15, 0.2) is 0 Å². The zero-order chi connectivity index (χ0) is 13.1. The quantitative estimate of drug-likeness (QED) is 0.913. The molecule has 1 aliphatic rings. The molecule has 0 bridgehead atoms. The van der Waals surface area contributed by atoms with E-state index in [0.717, 1.165) is 18.5 Å². The summed E-state index contributed by atoms with van der Waals surface area (Å²) in [5.74, 6) is 0. The van der Waals surface area contributed by atoms with Crippen LogP contribution in [0.5, 0.6) is 0 Å². The molecule has 3 heteroatoms. The Balaban J connectivity index is 1.83. The van der Waals surface area contributed by atoms with E-state index in [2.05, 4.69) is 28.5 Å². The summed E-state index contributed by atoms with van der Waals surface area (Å²) in [5.41, 5.74) is 2.30. The van der Waals surface area contributed by atoms with E-state index in [1.165, 1.54) is 23.8 Å². The van der Waals surface area contributed by atoms with Crippen molar-refractivity contribution in [3.05, 3.63) is 42.1 Å².